The van der Waals surface area contributed by atoms with Crippen molar-refractivity contribution in [3.63, 3.8) is 0 Å². The number of rotatable bonds is 4. The number of carbonyl (C=O) groups excluding carboxylic acids is 1. The molecule has 5 nitrogen and oxygen atoms in total. The topological polar surface area (TPSA) is 83.8 Å². The van der Waals surface area contributed by atoms with Crippen LogP contribution in [0.4, 0.5) is 11.4 Å². The predicted octanol–water partition coefficient (Wildman–Crippen LogP) is 2.99. The highest BCUT2D eigenvalue weighted by atomic mass is 35.5. The van der Waals surface area contributed by atoms with Crippen molar-refractivity contribution in [2.24, 2.45) is 0 Å². The maximum Gasteiger partial charge on any atom is 0.234 e. The van der Waals surface area contributed by atoms with Crippen LogP contribution in [0.3, 0.4) is 0 Å². The van der Waals surface area contributed by atoms with E-state index in [9.17, 15) is 4.79 Å². The summed E-state index contributed by atoms with van der Waals surface area (Å²) in [6, 6.07) is 5.32. The number of nitrogens with one attached hydrogen (secondary N) is 2. The van der Waals surface area contributed by atoms with Gasteiger partial charge in [0.25, 0.3) is 0 Å². The number of carbonyl (C=O) groups is 1. The highest BCUT2D eigenvalue weighted by Gasteiger charge is 2.10. The summed E-state index contributed by atoms with van der Waals surface area (Å²) in [5, 5.41) is 10.2. The number of hydrogen-bond donors (Lipinski definition) is 3. The van der Waals surface area contributed by atoms with Gasteiger partial charge in [-0.25, -0.2) is 0 Å². The number of hydrogen-bond acceptors (Lipinski definition) is 4. The number of nitrogens with two attached hydrogens (primary N) is 1. The number of amides is 1. The van der Waals surface area contributed by atoms with Gasteiger partial charge in [-0.2, -0.15) is 5.10 Å². The zero-order chi connectivity index (χ0) is 14.7. The molecule has 20 heavy (non-hydrogen) atoms. The molecule has 1 heterocycles. The second kappa shape index (κ2) is 6.19. The molecular weight excluding hydrogens is 296 g/mol. The lowest BCUT2D eigenvalue weighted by atomic mass is 10.3. The first kappa shape index (κ1) is 14.7. The summed E-state index contributed by atoms with van der Waals surface area (Å²) in [4.78, 5) is 12.8. The van der Waals surface area contributed by atoms with Gasteiger partial charge in [-0.3, -0.25) is 9.89 Å². The number of anilines is 2. The second-order valence-electron chi connectivity index (χ2n) is 4.33. The number of aromatic nitrogens is 2. The molecule has 0 unspecified atom stereocenters. The fourth-order valence-corrected chi connectivity index (χ4v) is 2.64. The van der Waals surface area contributed by atoms with E-state index in [1.807, 2.05) is 19.9 Å². The Bertz CT molecular complexity index is 622. The molecule has 0 aliphatic carbocycles. The molecular formula is C13H15ClN4OS. The average Bonchev–Trinajstić information content (AvgIpc) is 2.72. The lowest BCUT2D eigenvalue weighted by molar-refractivity contribution is -0.113. The van der Waals surface area contributed by atoms with E-state index in [0.29, 0.717) is 16.5 Å². The van der Waals surface area contributed by atoms with Crippen LogP contribution < -0.4 is 11.1 Å². The molecule has 4 N–H and O–H groups in total. The van der Waals surface area contributed by atoms with Crippen molar-refractivity contribution in [3.8, 4) is 0 Å². The zero-order valence-corrected chi connectivity index (χ0v) is 12.7. The number of thioether (sulfide) groups is 1. The highest BCUT2D eigenvalue weighted by Crippen LogP contribution is 2.26. The molecule has 0 fully saturated rings. The van der Waals surface area contributed by atoms with Gasteiger partial charge in [0.2, 0.25) is 5.91 Å². The summed E-state index contributed by atoms with van der Waals surface area (Å²) in [6.45, 7) is 3.70. The number of nitrogens with zero attached hydrogens (tertiary/aromatic N) is 1. The Balaban J connectivity index is 1.94. The smallest absolute Gasteiger partial charge is 0.234 e. The standard InChI is InChI=1S/C13H15ClN4OS/c1-7-13(8(2)18-17-7)16-12(19)6-20-9-3-4-11(15)10(14)5-9/h3-5H,6,15H2,1-2H3,(H,16,19)(H,17,18). The molecule has 106 valence electrons. The van der Waals surface area contributed by atoms with Gasteiger partial charge in [0.15, 0.2) is 0 Å². The largest absolute Gasteiger partial charge is 0.398 e. The Morgan fingerprint density at radius 3 is 2.85 bits per heavy atom. The summed E-state index contributed by atoms with van der Waals surface area (Å²) in [7, 11) is 0. The quantitative estimate of drug-likeness (QED) is 0.599. The molecule has 0 aliphatic rings. The lowest BCUT2D eigenvalue weighted by Crippen LogP contribution is -2.15. The monoisotopic (exact) mass is 310 g/mol. The van der Waals surface area contributed by atoms with Crippen LogP contribution in [0, 0.1) is 13.8 Å². The molecule has 2 rings (SSSR count). The van der Waals surface area contributed by atoms with Gasteiger partial charge in [-0.1, -0.05) is 11.6 Å². The molecule has 0 saturated carbocycles. The molecule has 0 spiro atoms. The van der Waals surface area contributed by atoms with Crippen LogP contribution in [-0.4, -0.2) is 21.9 Å². The lowest BCUT2D eigenvalue weighted by Gasteiger charge is -2.06. The molecule has 0 radical (unpaired) electrons. The van der Waals surface area contributed by atoms with Crippen molar-refractivity contribution in [2.75, 3.05) is 16.8 Å². The van der Waals surface area contributed by atoms with E-state index in [-0.39, 0.29) is 5.91 Å². The molecule has 1 aromatic carbocycles. The molecule has 0 saturated heterocycles. The summed E-state index contributed by atoms with van der Waals surface area (Å²) < 4.78 is 0. The highest BCUT2D eigenvalue weighted by molar-refractivity contribution is 8.00. The summed E-state index contributed by atoms with van der Waals surface area (Å²) in [5.41, 5.74) is 8.53. The molecule has 2 aromatic rings. The van der Waals surface area contributed by atoms with Gasteiger partial charge in [0, 0.05) is 4.90 Å². The van der Waals surface area contributed by atoms with Crippen molar-refractivity contribution >= 4 is 40.6 Å². The third-order valence-electron chi connectivity index (χ3n) is 2.73. The first-order valence-electron chi connectivity index (χ1n) is 5.96. The third-order valence-corrected chi connectivity index (χ3v) is 4.06. The Morgan fingerprint density at radius 1 is 1.50 bits per heavy atom. The minimum absolute atomic E-state index is 0.0875. The molecule has 7 heteroatoms. The number of aryl methyl sites for hydroxylation is 2. The molecule has 1 amide bonds. The van der Waals surface area contributed by atoms with E-state index in [1.165, 1.54) is 11.8 Å². The Morgan fingerprint density at radius 2 is 2.25 bits per heavy atom. The number of aromatic amines is 1. The molecule has 0 atom stereocenters. The van der Waals surface area contributed by atoms with Crippen LogP contribution in [0.1, 0.15) is 11.4 Å². The summed E-state index contributed by atoms with van der Waals surface area (Å²) in [5.74, 6) is 0.208. The Labute approximate surface area is 126 Å². The second-order valence-corrected chi connectivity index (χ2v) is 5.79. The van der Waals surface area contributed by atoms with Gasteiger partial charge in [0.1, 0.15) is 0 Å². The van der Waals surface area contributed by atoms with E-state index in [4.69, 9.17) is 17.3 Å². The van der Waals surface area contributed by atoms with Crippen LogP contribution in [0.2, 0.25) is 5.02 Å². The van der Waals surface area contributed by atoms with Crippen LogP contribution >= 0.6 is 23.4 Å². The number of nitrogen functional groups attached to an aromatic ring is 1. The Kier molecular flexibility index (Phi) is 4.57. The Hall–Kier alpha value is -1.66. The third kappa shape index (κ3) is 3.46. The summed E-state index contributed by atoms with van der Waals surface area (Å²) >= 11 is 7.34. The van der Waals surface area contributed by atoms with E-state index in [2.05, 4.69) is 15.5 Å². The van der Waals surface area contributed by atoms with Gasteiger partial charge in [0.05, 0.1) is 33.5 Å². The van der Waals surface area contributed by atoms with Crippen molar-refractivity contribution in [1.29, 1.82) is 0 Å². The maximum atomic E-state index is 11.9. The van der Waals surface area contributed by atoms with Gasteiger partial charge >= 0.3 is 0 Å². The minimum Gasteiger partial charge on any atom is -0.398 e. The van der Waals surface area contributed by atoms with E-state index in [0.717, 1.165) is 22.0 Å². The van der Waals surface area contributed by atoms with Crippen molar-refractivity contribution in [3.05, 3.63) is 34.6 Å². The maximum absolute atomic E-state index is 11.9. The number of benzene rings is 1. The fourth-order valence-electron chi connectivity index (χ4n) is 1.66. The number of H-pyrrole nitrogens is 1. The van der Waals surface area contributed by atoms with Gasteiger partial charge < -0.3 is 11.1 Å². The van der Waals surface area contributed by atoms with Crippen LogP contribution in [-0.2, 0) is 4.79 Å². The van der Waals surface area contributed by atoms with E-state index >= 15 is 0 Å². The predicted molar refractivity (Wildman–Crippen MR) is 83.3 cm³/mol. The van der Waals surface area contributed by atoms with Crippen molar-refractivity contribution < 1.29 is 4.79 Å². The molecule has 1 aromatic heterocycles. The van der Waals surface area contributed by atoms with Crippen molar-refractivity contribution in [1.82, 2.24) is 10.2 Å². The van der Waals surface area contributed by atoms with Crippen LogP contribution in [0.25, 0.3) is 0 Å². The molecule has 0 aliphatic heterocycles. The fraction of sp³-hybridized carbons (Fsp3) is 0.231. The van der Waals surface area contributed by atoms with Crippen LogP contribution in [0.5, 0.6) is 0 Å². The first-order chi connectivity index (χ1) is 9.47. The zero-order valence-electron chi connectivity index (χ0n) is 11.2. The van der Waals surface area contributed by atoms with E-state index < -0.39 is 0 Å². The SMILES string of the molecule is Cc1n[nH]c(C)c1NC(=O)CSc1ccc(N)c(Cl)c1. The van der Waals surface area contributed by atoms with E-state index in [1.54, 1.807) is 12.1 Å². The van der Waals surface area contributed by atoms with Crippen LogP contribution in [0.15, 0.2) is 23.1 Å². The van der Waals surface area contributed by atoms with Crippen molar-refractivity contribution in [2.45, 2.75) is 18.7 Å². The van der Waals surface area contributed by atoms with Gasteiger partial charge in [-0.15, -0.1) is 11.8 Å². The normalized spacial score (nSPS) is 10.6. The molecule has 0 bridgehead atoms. The summed E-state index contributed by atoms with van der Waals surface area (Å²) in [6.07, 6.45) is 0. The first-order valence-corrected chi connectivity index (χ1v) is 7.33. The average molecular weight is 311 g/mol. The minimum atomic E-state index is -0.0875. The van der Waals surface area contributed by atoms with Gasteiger partial charge in [-0.05, 0) is 32.0 Å². The number of halogens is 1.